The van der Waals surface area contributed by atoms with Crippen LogP contribution in [-0.2, 0) is 0 Å². The molecule has 1 atom stereocenters. The van der Waals surface area contributed by atoms with Crippen LogP contribution in [0.4, 0.5) is 0 Å². The Labute approximate surface area is 94.5 Å². The van der Waals surface area contributed by atoms with Gasteiger partial charge in [0.1, 0.15) is 5.69 Å². The van der Waals surface area contributed by atoms with Gasteiger partial charge in [-0.3, -0.25) is 0 Å². The van der Waals surface area contributed by atoms with Crippen molar-refractivity contribution in [1.82, 2.24) is 15.0 Å². The molecule has 1 aromatic heterocycles. The summed E-state index contributed by atoms with van der Waals surface area (Å²) in [4.78, 5) is 0. The van der Waals surface area contributed by atoms with Crippen LogP contribution in [0.5, 0.6) is 0 Å². The summed E-state index contributed by atoms with van der Waals surface area (Å²) in [7, 11) is 0. The van der Waals surface area contributed by atoms with Crippen LogP contribution in [0.15, 0.2) is 30.5 Å². The number of aliphatic hydroxyl groups excluding tert-OH is 1. The second-order valence-electron chi connectivity index (χ2n) is 3.85. The minimum Gasteiger partial charge on any atom is -0.387 e. The van der Waals surface area contributed by atoms with Gasteiger partial charge in [0.05, 0.1) is 18.0 Å². The van der Waals surface area contributed by atoms with Crippen molar-refractivity contribution < 1.29 is 5.11 Å². The second-order valence-corrected chi connectivity index (χ2v) is 3.85. The monoisotopic (exact) mass is 217 g/mol. The van der Waals surface area contributed by atoms with Crippen LogP contribution >= 0.6 is 0 Å². The number of aryl methyl sites for hydroxylation is 1. The molecule has 0 spiro atoms. The Morgan fingerprint density at radius 2 is 2.00 bits per heavy atom. The first-order chi connectivity index (χ1) is 7.70. The lowest BCUT2D eigenvalue weighted by Crippen LogP contribution is -1.95. The zero-order chi connectivity index (χ0) is 11.5. The fraction of sp³-hybridized carbons (Fsp3) is 0.333. The number of nitrogens with zero attached hydrogens (tertiary/aromatic N) is 3. The Hall–Kier alpha value is -1.68. The number of aromatic nitrogens is 3. The van der Waals surface area contributed by atoms with E-state index < -0.39 is 6.10 Å². The Morgan fingerprint density at radius 1 is 1.31 bits per heavy atom. The second kappa shape index (κ2) is 4.45. The Balaban J connectivity index is 2.28. The van der Waals surface area contributed by atoms with E-state index in [4.69, 9.17) is 0 Å². The van der Waals surface area contributed by atoms with Crippen LogP contribution < -0.4 is 0 Å². The summed E-state index contributed by atoms with van der Waals surface area (Å²) in [6.45, 7) is 3.95. The molecule has 84 valence electrons. The Bertz CT molecular complexity index is 461. The highest BCUT2D eigenvalue weighted by atomic mass is 16.3. The van der Waals surface area contributed by atoms with Gasteiger partial charge in [-0.25, -0.2) is 4.68 Å². The van der Waals surface area contributed by atoms with Crippen LogP contribution in [0.2, 0.25) is 0 Å². The molecule has 0 aliphatic rings. The lowest BCUT2D eigenvalue weighted by atomic mass is 10.2. The van der Waals surface area contributed by atoms with Gasteiger partial charge in [-0.2, -0.15) is 0 Å². The number of rotatable bonds is 3. The normalized spacial score (nSPS) is 12.7. The first-order valence-electron chi connectivity index (χ1n) is 5.38. The third kappa shape index (κ3) is 2.12. The molecule has 2 aromatic rings. The van der Waals surface area contributed by atoms with E-state index in [1.54, 1.807) is 10.9 Å². The van der Waals surface area contributed by atoms with E-state index in [9.17, 15) is 5.11 Å². The van der Waals surface area contributed by atoms with Gasteiger partial charge in [0.2, 0.25) is 0 Å². The van der Waals surface area contributed by atoms with Gasteiger partial charge >= 0.3 is 0 Å². The fourth-order valence-electron chi connectivity index (χ4n) is 1.46. The first kappa shape index (κ1) is 10.8. The SMILES string of the molecule is CCC(O)c1cn(-c2ccc(C)cc2)nn1. The van der Waals surface area contributed by atoms with Crippen molar-refractivity contribution in [3.8, 4) is 5.69 Å². The van der Waals surface area contributed by atoms with Gasteiger partial charge in [-0.15, -0.1) is 5.10 Å². The lowest BCUT2D eigenvalue weighted by Gasteiger charge is -2.01. The molecule has 0 fully saturated rings. The van der Waals surface area contributed by atoms with Crippen LogP contribution in [0.25, 0.3) is 5.69 Å². The highest BCUT2D eigenvalue weighted by Gasteiger charge is 2.09. The van der Waals surface area contributed by atoms with Crippen molar-refractivity contribution in [1.29, 1.82) is 0 Å². The predicted molar refractivity (Wildman–Crippen MR) is 61.3 cm³/mol. The van der Waals surface area contributed by atoms with Crippen molar-refractivity contribution >= 4 is 0 Å². The molecule has 2 rings (SSSR count). The summed E-state index contributed by atoms with van der Waals surface area (Å²) in [5.74, 6) is 0. The maximum atomic E-state index is 9.62. The molecule has 4 heteroatoms. The quantitative estimate of drug-likeness (QED) is 0.855. The third-order valence-electron chi connectivity index (χ3n) is 2.54. The smallest absolute Gasteiger partial charge is 0.112 e. The maximum Gasteiger partial charge on any atom is 0.112 e. The average Bonchev–Trinajstić information content (AvgIpc) is 2.78. The van der Waals surface area contributed by atoms with E-state index in [1.807, 2.05) is 38.1 Å². The van der Waals surface area contributed by atoms with Crippen LogP contribution in [0.1, 0.15) is 30.7 Å². The number of aliphatic hydroxyl groups is 1. The molecule has 0 aliphatic heterocycles. The van der Waals surface area contributed by atoms with E-state index in [1.165, 1.54) is 5.56 Å². The molecule has 16 heavy (non-hydrogen) atoms. The Morgan fingerprint density at radius 3 is 2.62 bits per heavy atom. The maximum absolute atomic E-state index is 9.62. The van der Waals surface area contributed by atoms with Crippen LogP contribution in [-0.4, -0.2) is 20.1 Å². The van der Waals surface area contributed by atoms with Gasteiger partial charge in [-0.05, 0) is 25.5 Å². The van der Waals surface area contributed by atoms with Gasteiger partial charge in [0, 0.05) is 0 Å². The highest BCUT2D eigenvalue weighted by Crippen LogP contribution is 2.14. The van der Waals surface area contributed by atoms with Crippen LogP contribution in [0.3, 0.4) is 0 Å². The number of hydrogen-bond donors (Lipinski definition) is 1. The lowest BCUT2D eigenvalue weighted by molar-refractivity contribution is 0.169. The van der Waals surface area contributed by atoms with Crippen molar-refractivity contribution in [2.24, 2.45) is 0 Å². The molecule has 0 amide bonds. The van der Waals surface area contributed by atoms with Gasteiger partial charge in [0.25, 0.3) is 0 Å². The van der Waals surface area contributed by atoms with E-state index in [-0.39, 0.29) is 0 Å². The fourth-order valence-corrected chi connectivity index (χ4v) is 1.46. The number of benzene rings is 1. The summed E-state index contributed by atoms with van der Waals surface area (Å²) in [5.41, 5.74) is 2.77. The minimum absolute atomic E-state index is 0.529. The first-order valence-corrected chi connectivity index (χ1v) is 5.38. The standard InChI is InChI=1S/C12H15N3O/c1-3-12(16)11-8-15(14-13-11)10-6-4-9(2)5-7-10/h4-8,12,16H,3H2,1-2H3. The number of hydrogen-bond acceptors (Lipinski definition) is 3. The van der Waals surface area contributed by atoms with E-state index in [0.717, 1.165) is 5.69 Å². The van der Waals surface area contributed by atoms with Gasteiger partial charge in [-0.1, -0.05) is 29.8 Å². The topological polar surface area (TPSA) is 50.9 Å². The van der Waals surface area contributed by atoms with Crippen molar-refractivity contribution in [3.63, 3.8) is 0 Å². The molecule has 0 aliphatic carbocycles. The molecule has 0 saturated carbocycles. The Kier molecular flexibility index (Phi) is 3.01. The van der Waals surface area contributed by atoms with Crippen molar-refractivity contribution in [2.75, 3.05) is 0 Å². The van der Waals surface area contributed by atoms with E-state index >= 15 is 0 Å². The summed E-state index contributed by atoms with van der Waals surface area (Å²) in [6, 6.07) is 8.00. The van der Waals surface area contributed by atoms with Gasteiger partial charge < -0.3 is 5.11 Å². The summed E-state index contributed by atoms with van der Waals surface area (Å²) in [6.07, 6.45) is 1.88. The summed E-state index contributed by atoms with van der Waals surface area (Å²) < 4.78 is 1.67. The molecule has 1 aromatic carbocycles. The van der Waals surface area contributed by atoms with E-state index in [0.29, 0.717) is 12.1 Å². The molecule has 4 nitrogen and oxygen atoms in total. The molecule has 1 N–H and O–H groups in total. The van der Waals surface area contributed by atoms with Gasteiger partial charge in [0.15, 0.2) is 0 Å². The summed E-state index contributed by atoms with van der Waals surface area (Å²) >= 11 is 0. The summed E-state index contributed by atoms with van der Waals surface area (Å²) in [5, 5.41) is 17.6. The zero-order valence-corrected chi connectivity index (χ0v) is 9.46. The highest BCUT2D eigenvalue weighted by molar-refractivity contribution is 5.33. The zero-order valence-electron chi connectivity index (χ0n) is 9.46. The molecule has 0 bridgehead atoms. The predicted octanol–water partition coefficient (Wildman–Crippen LogP) is 2.02. The average molecular weight is 217 g/mol. The van der Waals surface area contributed by atoms with Crippen molar-refractivity contribution in [2.45, 2.75) is 26.4 Å². The van der Waals surface area contributed by atoms with E-state index in [2.05, 4.69) is 10.3 Å². The molecular weight excluding hydrogens is 202 g/mol. The molecule has 0 radical (unpaired) electrons. The largest absolute Gasteiger partial charge is 0.387 e. The molecule has 1 unspecified atom stereocenters. The molecule has 0 saturated heterocycles. The van der Waals surface area contributed by atoms with Crippen LogP contribution in [0, 0.1) is 6.92 Å². The van der Waals surface area contributed by atoms with Crippen molar-refractivity contribution in [3.05, 3.63) is 41.7 Å². The molecular formula is C12H15N3O. The molecule has 1 heterocycles. The minimum atomic E-state index is -0.529. The third-order valence-corrected chi connectivity index (χ3v) is 2.54.